The highest BCUT2D eigenvalue weighted by molar-refractivity contribution is 5.49. The Labute approximate surface area is 160 Å². The van der Waals surface area contributed by atoms with E-state index in [-0.39, 0.29) is 0 Å². The van der Waals surface area contributed by atoms with E-state index in [0.29, 0.717) is 11.8 Å². The van der Waals surface area contributed by atoms with E-state index in [9.17, 15) is 0 Å². The summed E-state index contributed by atoms with van der Waals surface area (Å²) in [5, 5.41) is 0. The number of rotatable bonds is 8. The van der Waals surface area contributed by atoms with E-state index >= 15 is 0 Å². The fraction of sp³-hybridized carbons (Fsp3) is 0.739. The average Bonchev–Trinajstić information content (AvgIpc) is 2.66. The molecule has 0 aromatic heterocycles. The molecule has 1 aliphatic heterocycles. The fourth-order valence-corrected chi connectivity index (χ4v) is 4.50. The zero-order valence-electron chi connectivity index (χ0n) is 16.9. The SMILES string of the molecule is CC(C)COc1c(C2CCN(CCCCN)CC2)ccc2c1CCCC2. The van der Waals surface area contributed by atoms with Crippen LogP contribution >= 0.6 is 0 Å². The summed E-state index contributed by atoms with van der Waals surface area (Å²) in [6.45, 7) is 9.80. The van der Waals surface area contributed by atoms with E-state index in [1.807, 2.05) is 0 Å². The van der Waals surface area contributed by atoms with Crippen LogP contribution in [-0.2, 0) is 12.8 Å². The van der Waals surface area contributed by atoms with Gasteiger partial charge in [-0.1, -0.05) is 26.0 Å². The standard InChI is InChI=1S/C23H38N2O/c1-18(2)17-26-23-21-8-4-3-7-19(21)9-10-22(23)20-11-15-25(16-12-20)14-6-5-13-24/h9-10,18,20H,3-8,11-17,24H2,1-2H3. The molecule has 0 atom stereocenters. The van der Waals surface area contributed by atoms with Crippen molar-refractivity contribution in [3.63, 3.8) is 0 Å². The molecule has 1 saturated heterocycles. The second-order valence-electron chi connectivity index (χ2n) is 8.65. The third-order valence-corrected chi connectivity index (χ3v) is 6.03. The Morgan fingerprint density at radius 2 is 1.88 bits per heavy atom. The number of ether oxygens (including phenoxy) is 1. The quantitative estimate of drug-likeness (QED) is 0.695. The minimum Gasteiger partial charge on any atom is -0.493 e. The summed E-state index contributed by atoms with van der Waals surface area (Å²) in [6.07, 6.45) is 9.99. The Kier molecular flexibility index (Phi) is 7.39. The summed E-state index contributed by atoms with van der Waals surface area (Å²) < 4.78 is 6.43. The number of nitrogens with zero attached hydrogens (tertiary/aromatic N) is 1. The molecule has 26 heavy (non-hydrogen) atoms. The summed E-state index contributed by atoms with van der Waals surface area (Å²) in [7, 11) is 0. The van der Waals surface area contributed by atoms with E-state index in [1.54, 1.807) is 0 Å². The van der Waals surface area contributed by atoms with Gasteiger partial charge in [-0.3, -0.25) is 0 Å². The Morgan fingerprint density at radius 1 is 1.12 bits per heavy atom. The molecule has 0 amide bonds. The van der Waals surface area contributed by atoms with Gasteiger partial charge in [0.15, 0.2) is 0 Å². The van der Waals surface area contributed by atoms with Gasteiger partial charge in [0.2, 0.25) is 0 Å². The van der Waals surface area contributed by atoms with Crippen molar-refractivity contribution in [3.8, 4) is 5.75 Å². The van der Waals surface area contributed by atoms with E-state index in [4.69, 9.17) is 10.5 Å². The predicted octanol–water partition coefficient (Wildman–Crippen LogP) is 4.52. The predicted molar refractivity (Wildman–Crippen MR) is 110 cm³/mol. The van der Waals surface area contributed by atoms with E-state index in [2.05, 4.69) is 30.9 Å². The molecule has 3 rings (SSSR count). The van der Waals surface area contributed by atoms with Crippen LogP contribution in [0.3, 0.4) is 0 Å². The topological polar surface area (TPSA) is 38.5 Å². The molecular formula is C23H38N2O. The van der Waals surface area contributed by atoms with Crippen LogP contribution in [0.25, 0.3) is 0 Å². The molecule has 1 fully saturated rings. The number of nitrogens with two attached hydrogens (primary N) is 1. The van der Waals surface area contributed by atoms with Crippen molar-refractivity contribution in [2.45, 2.75) is 71.1 Å². The van der Waals surface area contributed by atoms with Crippen molar-refractivity contribution in [3.05, 3.63) is 28.8 Å². The van der Waals surface area contributed by atoms with Crippen molar-refractivity contribution in [1.82, 2.24) is 4.90 Å². The van der Waals surface area contributed by atoms with Crippen LogP contribution in [0.15, 0.2) is 12.1 Å². The lowest BCUT2D eigenvalue weighted by molar-refractivity contribution is 0.204. The van der Waals surface area contributed by atoms with Gasteiger partial charge >= 0.3 is 0 Å². The molecule has 0 bridgehead atoms. The number of fused-ring (bicyclic) bond motifs is 1. The van der Waals surface area contributed by atoms with Crippen molar-refractivity contribution in [2.75, 3.05) is 32.8 Å². The maximum absolute atomic E-state index is 6.43. The molecule has 146 valence electrons. The van der Waals surface area contributed by atoms with Crippen LogP contribution in [0, 0.1) is 5.92 Å². The molecule has 1 heterocycles. The molecule has 0 unspecified atom stereocenters. The van der Waals surface area contributed by atoms with E-state index in [0.717, 1.165) is 19.6 Å². The lowest BCUT2D eigenvalue weighted by Crippen LogP contribution is -2.34. The molecule has 1 aromatic rings. The number of benzene rings is 1. The molecule has 2 N–H and O–H groups in total. The number of hydrogen-bond donors (Lipinski definition) is 1. The van der Waals surface area contributed by atoms with Gasteiger partial charge in [0, 0.05) is 0 Å². The first-order chi connectivity index (χ1) is 12.7. The maximum atomic E-state index is 6.43. The summed E-state index contributed by atoms with van der Waals surface area (Å²) >= 11 is 0. The number of hydrogen-bond acceptors (Lipinski definition) is 3. The first-order valence-corrected chi connectivity index (χ1v) is 10.9. The Morgan fingerprint density at radius 3 is 2.62 bits per heavy atom. The Bertz CT molecular complexity index is 562. The first-order valence-electron chi connectivity index (χ1n) is 10.9. The van der Waals surface area contributed by atoms with Gasteiger partial charge in [0.25, 0.3) is 0 Å². The van der Waals surface area contributed by atoms with Crippen molar-refractivity contribution < 1.29 is 4.74 Å². The van der Waals surface area contributed by atoms with E-state index < -0.39 is 0 Å². The van der Waals surface area contributed by atoms with Crippen LogP contribution in [0.4, 0.5) is 0 Å². The summed E-state index contributed by atoms with van der Waals surface area (Å²) in [5.74, 6) is 2.50. The van der Waals surface area contributed by atoms with Crippen LogP contribution in [0.1, 0.15) is 75.0 Å². The molecule has 2 aliphatic rings. The molecular weight excluding hydrogens is 320 g/mol. The van der Waals surface area contributed by atoms with Gasteiger partial charge in [-0.15, -0.1) is 0 Å². The molecule has 0 radical (unpaired) electrons. The first kappa shape index (κ1) is 19.7. The fourth-order valence-electron chi connectivity index (χ4n) is 4.50. The van der Waals surface area contributed by atoms with E-state index in [1.165, 1.54) is 87.0 Å². The van der Waals surface area contributed by atoms with Gasteiger partial charge in [-0.2, -0.15) is 0 Å². The number of likely N-dealkylation sites (tertiary alicyclic amines) is 1. The minimum atomic E-state index is 0.576. The lowest BCUT2D eigenvalue weighted by Gasteiger charge is -2.34. The minimum absolute atomic E-state index is 0.576. The summed E-state index contributed by atoms with van der Waals surface area (Å²) in [4.78, 5) is 2.62. The van der Waals surface area contributed by atoms with Gasteiger partial charge in [0.1, 0.15) is 5.75 Å². The van der Waals surface area contributed by atoms with Gasteiger partial charge in [-0.25, -0.2) is 0 Å². The van der Waals surface area contributed by atoms with Crippen molar-refractivity contribution >= 4 is 0 Å². The largest absolute Gasteiger partial charge is 0.493 e. The molecule has 1 aliphatic carbocycles. The number of piperidine rings is 1. The molecule has 0 spiro atoms. The zero-order valence-corrected chi connectivity index (χ0v) is 16.9. The molecule has 0 saturated carbocycles. The molecule has 3 heteroatoms. The van der Waals surface area contributed by atoms with Gasteiger partial charge < -0.3 is 15.4 Å². The Hall–Kier alpha value is -1.06. The number of unbranched alkanes of at least 4 members (excludes halogenated alkanes) is 1. The van der Waals surface area contributed by atoms with Crippen LogP contribution in [-0.4, -0.2) is 37.7 Å². The summed E-state index contributed by atoms with van der Waals surface area (Å²) in [6, 6.07) is 4.80. The second-order valence-corrected chi connectivity index (χ2v) is 8.65. The molecule has 3 nitrogen and oxygen atoms in total. The zero-order chi connectivity index (χ0) is 18.4. The summed E-state index contributed by atoms with van der Waals surface area (Å²) in [5.41, 5.74) is 10.2. The van der Waals surface area contributed by atoms with Crippen LogP contribution < -0.4 is 10.5 Å². The highest BCUT2D eigenvalue weighted by atomic mass is 16.5. The van der Waals surface area contributed by atoms with Crippen molar-refractivity contribution in [2.24, 2.45) is 11.7 Å². The number of aryl methyl sites for hydroxylation is 1. The highest BCUT2D eigenvalue weighted by Crippen LogP contribution is 2.40. The molecule has 1 aromatic carbocycles. The second kappa shape index (κ2) is 9.75. The van der Waals surface area contributed by atoms with Crippen molar-refractivity contribution in [1.29, 1.82) is 0 Å². The smallest absolute Gasteiger partial charge is 0.126 e. The maximum Gasteiger partial charge on any atom is 0.126 e. The highest BCUT2D eigenvalue weighted by Gasteiger charge is 2.26. The average molecular weight is 359 g/mol. The van der Waals surface area contributed by atoms with Crippen LogP contribution in [0.5, 0.6) is 5.75 Å². The van der Waals surface area contributed by atoms with Gasteiger partial charge in [-0.05, 0) is 106 Å². The third-order valence-electron chi connectivity index (χ3n) is 6.03. The third kappa shape index (κ3) is 5.01. The van der Waals surface area contributed by atoms with Crippen LogP contribution in [0.2, 0.25) is 0 Å². The lowest BCUT2D eigenvalue weighted by atomic mass is 9.83. The Balaban J connectivity index is 1.71. The normalized spacial score (nSPS) is 18.9. The van der Waals surface area contributed by atoms with Gasteiger partial charge in [0.05, 0.1) is 6.61 Å². The monoisotopic (exact) mass is 358 g/mol.